The van der Waals surface area contributed by atoms with Gasteiger partial charge in [0, 0.05) is 22.8 Å². The summed E-state index contributed by atoms with van der Waals surface area (Å²) in [5.41, 5.74) is 8.95. The maximum Gasteiger partial charge on any atom is 0.149 e. The summed E-state index contributed by atoms with van der Waals surface area (Å²) < 4.78 is 0. The van der Waals surface area contributed by atoms with Crippen LogP contribution in [0.25, 0.3) is 10.9 Å². The topological polar surface area (TPSA) is 79.6 Å². The highest BCUT2D eigenvalue weighted by molar-refractivity contribution is 5.94. The molecule has 0 unspecified atom stereocenters. The smallest absolute Gasteiger partial charge is 0.149 e. The first kappa shape index (κ1) is 11.5. The van der Waals surface area contributed by atoms with Crippen LogP contribution in [-0.4, -0.2) is 15.0 Å². The lowest BCUT2D eigenvalue weighted by Crippen LogP contribution is -2.06. The Kier molecular flexibility index (Phi) is 2.79. The molecule has 0 aliphatic rings. The number of benzene rings is 1. The number of hydrogen-bond donors (Lipinski definition) is 3. The van der Waals surface area contributed by atoms with Gasteiger partial charge >= 0.3 is 0 Å². The van der Waals surface area contributed by atoms with Gasteiger partial charge in [0.25, 0.3) is 0 Å². The van der Waals surface area contributed by atoms with Gasteiger partial charge in [0.05, 0.1) is 12.2 Å². The molecule has 5 nitrogen and oxygen atoms in total. The summed E-state index contributed by atoms with van der Waals surface area (Å²) in [4.78, 5) is 11.7. The lowest BCUT2D eigenvalue weighted by molar-refractivity contribution is 0.953. The number of aromatic nitrogens is 3. The Bertz CT molecular complexity index is 717. The molecular formula is C14H15N5. The van der Waals surface area contributed by atoms with Crippen molar-refractivity contribution in [2.75, 3.05) is 11.1 Å². The van der Waals surface area contributed by atoms with E-state index in [1.807, 2.05) is 19.1 Å². The van der Waals surface area contributed by atoms with Crippen LogP contribution in [0.2, 0.25) is 0 Å². The van der Waals surface area contributed by atoms with Crippen molar-refractivity contribution in [1.82, 2.24) is 15.0 Å². The Labute approximate surface area is 110 Å². The average molecular weight is 253 g/mol. The van der Waals surface area contributed by atoms with E-state index in [1.165, 1.54) is 5.39 Å². The Morgan fingerprint density at radius 2 is 2.11 bits per heavy atom. The summed E-state index contributed by atoms with van der Waals surface area (Å²) in [6.45, 7) is 2.59. The van der Waals surface area contributed by atoms with Gasteiger partial charge in [-0.2, -0.15) is 0 Å². The minimum Gasteiger partial charge on any atom is -0.384 e. The summed E-state index contributed by atoms with van der Waals surface area (Å²) in [5, 5.41) is 4.54. The van der Waals surface area contributed by atoms with E-state index in [2.05, 4.69) is 32.4 Å². The Balaban J connectivity index is 1.87. The number of nitrogen functional groups attached to an aromatic ring is 1. The maximum atomic E-state index is 5.64. The van der Waals surface area contributed by atoms with E-state index in [9.17, 15) is 0 Å². The van der Waals surface area contributed by atoms with Gasteiger partial charge in [-0.1, -0.05) is 18.2 Å². The van der Waals surface area contributed by atoms with Crippen LogP contribution < -0.4 is 11.1 Å². The molecule has 0 saturated carbocycles. The molecule has 0 aliphatic carbocycles. The van der Waals surface area contributed by atoms with Gasteiger partial charge < -0.3 is 16.0 Å². The monoisotopic (exact) mass is 253 g/mol. The predicted octanol–water partition coefficient (Wildman–Crippen LogP) is 2.46. The van der Waals surface area contributed by atoms with Crippen molar-refractivity contribution in [2.24, 2.45) is 0 Å². The molecule has 19 heavy (non-hydrogen) atoms. The number of nitrogens with one attached hydrogen (secondary N) is 2. The molecule has 0 bridgehead atoms. The molecule has 0 radical (unpaired) electrons. The molecule has 0 amide bonds. The molecule has 1 aromatic carbocycles. The molecule has 2 heterocycles. The zero-order chi connectivity index (χ0) is 13.2. The van der Waals surface area contributed by atoms with Gasteiger partial charge in [-0.25, -0.2) is 9.97 Å². The normalized spacial score (nSPS) is 10.8. The van der Waals surface area contributed by atoms with Gasteiger partial charge in [-0.3, -0.25) is 0 Å². The van der Waals surface area contributed by atoms with Crippen LogP contribution in [0.4, 0.5) is 11.5 Å². The van der Waals surface area contributed by atoms with E-state index in [1.54, 1.807) is 12.3 Å². The molecule has 4 N–H and O–H groups in total. The second kappa shape index (κ2) is 4.61. The number of nitrogens with two attached hydrogens (primary N) is 1. The molecule has 3 aromatic rings. The first-order valence-corrected chi connectivity index (χ1v) is 6.12. The molecule has 0 spiro atoms. The van der Waals surface area contributed by atoms with Gasteiger partial charge in [0.15, 0.2) is 0 Å². The summed E-state index contributed by atoms with van der Waals surface area (Å²) in [5.74, 6) is 1.17. The fourth-order valence-corrected chi connectivity index (χ4v) is 2.17. The number of aromatic amines is 1. The summed E-state index contributed by atoms with van der Waals surface area (Å²) in [6.07, 6.45) is 1.67. The van der Waals surface area contributed by atoms with Crippen LogP contribution in [0.3, 0.4) is 0 Å². The molecule has 5 heteroatoms. The molecule has 0 atom stereocenters. The van der Waals surface area contributed by atoms with Crippen LogP contribution in [-0.2, 0) is 6.54 Å². The Morgan fingerprint density at radius 1 is 1.26 bits per heavy atom. The minimum atomic E-state index is 0.488. The number of hydrogen-bond acceptors (Lipinski definition) is 4. The third kappa shape index (κ3) is 2.22. The van der Waals surface area contributed by atoms with Crippen LogP contribution in [0, 0.1) is 6.92 Å². The summed E-state index contributed by atoms with van der Waals surface area (Å²) in [6, 6.07) is 9.87. The van der Waals surface area contributed by atoms with Crippen molar-refractivity contribution in [1.29, 1.82) is 0 Å². The van der Waals surface area contributed by atoms with Crippen molar-refractivity contribution >= 4 is 22.4 Å². The molecule has 2 aromatic heterocycles. The number of nitrogens with zero attached hydrogens (tertiary/aromatic N) is 2. The molecule has 0 saturated heterocycles. The lowest BCUT2D eigenvalue weighted by atomic mass is 10.2. The molecule has 96 valence electrons. The zero-order valence-corrected chi connectivity index (χ0v) is 10.6. The highest BCUT2D eigenvalue weighted by atomic mass is 15.0. The van der Waals surface area contributed by atoms with Crippen LogP contribution in [0.5, 0.6) is 0 Å². The van der Waals surface area contributed by atoms with Gasteiger partial charge in [0.2, 0.25) is 0 Å². The van der Waals surface area contributed by atoms with Crippen LogP contribution >= 0.6 is 0 Å². The highest BCUT2D eigenvalue weighted by Crippen LogP contribution is 2.27. The number of fused-ring (bicyclic) bond motifs is 1. The molecular weight excluding hydrogens is 238 g/mol. The number of anilines is 2. The first-order valence-electron chi connectivity index (χ1n) is 6.12. The van der Waals surface area contributed by atoms with E-state index in [0.29, 0.717) is 18.2 Å². The van der Waals surface area contributed by atoms with Crippen molar-refractivity contribution < 1.29 is 0 Å². The zero-order valence-electron chi connectivity index (χ0n) is 10.6. The third-order valence-corrected chi connectivity index (χ3v) is 3.04. The van der Waals surface area contributed by atoms with Crippen molar-refractivity contribution in [2.45, 2.75) is 13.5 Å². The standard InChI is InChI=1S/C14H15N5/c1-9-14(10-4-2-3-5-11(10)18-9)17-8-13-16-7-6-12(15)19-13/h2-7,17-18H,8H2,1H3,(H2,15,16,19). The van der Waals surface area contributed by atoms with Crippen molar-refractivity contribution in [3.63, 3.8) is 0 Å². The predicted molar refractivity (Wildman–Crippen MR) is 76.8 cm³/mol. The van der Waals surface area contributed by atoms with E-state index < -0.39 is 0 Å². The van der Waals surface area contributed by atoms with Crippen molar-refractivity contribution in [3.05, 3.63) is 48.0 Å². The molecule has 0 aliphatic heterocycles. The van der Waals surface area contributed by atoms with Gasteiger partial charge in [0.1, 0.15) is 11.6 Å². The first-order chi connectivity index (χ1) is 9.24. The second-order valence-electron chi connectivity index (χ2n) is 4.42. The van der Waals surface area contributed by atoms with Crippen LogP contribution in [0.1, 0.15) is 11.5 Å². The molecule has 3 rings (SSSR count). The van der Waals surface area contributed by atoms with E-state index in [-0.39, 0.29) is 0 Å². The van der Waals surface area contributed by atoms with Crippen LogP contribution in [0.15, 0.2) is 36.5 Å². The van der Waals surface area contributed by atoms with Crippen molar-refractivity contribution in [3.8, 4) is 0 Å². The fourth-order valence-electron chi connectivity index (χ4n) is 2.17. The summed E-state index contributed by atoms with van der Waals surface area (Å²) >= 11 is 0. The maximum absolute atomic E-state index is 5.64. The van der Waals surface area contributed by atoms with E-state index >= 15 is 0 Å². The summed E-state index contributed by atoms with van der Waals surface area (Å²) in [7, 11) is 0. The highest BCUT2D eigenvalue weighted by Gasteiger charge is 2.07. The number of para-hydroxylation sites is 1. The van der Waals surface area contributed by atoms with Gasteiger partial charge in [-0.05, 0) is 19.1 Å². The SMILES string of the molecule is Cc1[nH]c2ccccc2c1NCc1nccc(N)n1. The fraction of sp³-hybridized carbons (Fsp3) is 0.143. The third-order valence-electron chi connectivity index (χ3n) is 3.04. The largest absolute Gasteiger partial charge is 0.384 e. The number of H-pyrrole nitrogens is 1. The number of aryl methyl sites for hydroxylation is 1. The van der Waals surface area contributed by atoms with E-state index in [0.717, 1.165) is 16.9 Å². The second-order valence-corrected chi connectivity index (χ2v) is 4.42. The number of rotatable bonds is 3. The quantitative estimate of drug-likeness (QED) is 0.670. The Hall–Kier alpha value is -2.56. The minimum absolute atomic E-state index is 0.488. The molecule has 0 fully saturated rings. The van der Waals surface area contributed by atoms with E-state index in [4.69, 9.17) is 5.73 Å². The average Bonchev–Trinajstić information content (AvgIpc) is 2.72. The Morgan fingerprint density at radius 3 is 2.95 bits per heavy atom. The lowest BCUT2D eigenvalue weighted by Gasteiger charge is -2.06. The van der Waals surface area contributed by atoms with Gasteiger partial charge in [-0.15, -0.1) is 0 Å².